The summed E-state index contributed by atoms with van der Waals surface area (Å²) >= 11 is 1.75. The van der Waals surface area contributed by atoms with E-state index in [1.54, 1.807) is 11.3 Å². The number of hydrogen-bond donors (Lipinski definition) is 1. The number of amides is 1. The molecule has 0 bridgehead atoms. The smallest absolute Gasteiger partial charge is 0.225 e. The fourth-order valence-electron chi connectivity index (χ4n) is 3.58. The van der Waals surface area contributed by atoms with Crippen molar-refractivity contribution in [2.75, 3.05) is 26.2 Å². The molecule has 150 valence electrons. The molecular formula is C18H32Cl2N4OS. The number of rotatable bonds is 3. The van der Waals surface area contributed by atoms with E-state index in [0.29, 0.717) is 5.91 Å². The Morgan fingerprint density at radius 1 is 1.23 bits per heavy atom. The molecule has 1 saturated carbocycles. The molecule has 2 heterocycles. The highest BCUT2D eigenvalue weighted by Crippen LogP contribution is 2.27. The van der Waals surface area contributed by atoms with E-state index in [1.165, 1.54) is 5.01 Å². The predicted octanol–water partition coefficient (Wildman–Crippen LogP) is 3.06. The van der Waals surface area contributed by atoms with E-state index in [1.807, 2.05) is 4.90 Å². The Kier molecular flexibility index (Phi) is 8.81. The number of carbonyl (C=O) groups excluding carboxylic acids is 1. The predicted molar refractivity (Wildman–Crippen MR) is 112 cm³/mol. The Balaban J connectivity index is 0.00000169. The normalized spacial score (nSPS) is 24.1. The maximum atomic E-state index is 12.6. The molecule has 8 heteroatoms. The van der Waals surface area contributed by atoms with Gasteiger partial charge in [0.05, 0.1) is 10.7 Å². The molecule has 2 atom stereocenters. The first kappa shape index (κ1) is 23.6. The van der Waals surface area contributed by atoms with Crippen molar-refractivity contribution in [1.82, 2.24) is 14.8 Å². The van der Waals surface area contributed by atoms with Crippen LogP contribution >= 0.6 is 36.2 Å². The fraction of sp³-hybridized carbons (Fsp3) is 0.778. The number of halogens is 2. The molecule has 2 aliphatic rings. The van der Waals surface area contributed by atoms with Crippen LogP contribution in [0, 0.1) is 5.92 Å². The summed E-state index contributed by atoms with van der Waals surface area (Å²) in [4.78, 5) is 21.8. The molecule has 3 rings (SSSR count). The molecule has 26 heavy (non-hydrogen) atoms. The zero-order valence-electron chi connectivity index (χ0n) is 15.9. The molecular weight excluding hydrogens is 391 g/mol. The summed E-state index contributed by atoms with van der Waals surface area (Å²) in [5.41, 5.74) is 7.23. The second-order valence-electron chi connectivity index (χ2n) is 8.27. The van der Waals surface area contributed by atoms with E-state index in [9.17, 15) is 4.79 Å². The molecule has 1 aromatic heterocycles. The van der Waals surface area contributed by atoms with Crippen LogP contribution < -0.4 is 5.73 Å². The summed E-state index contributed by atoms with van der Waals surface area (Å²) in [7, 11) is 0. The van der Waals surface area contributed by atoms with Gasteiger partial charge in [-0.15, -0.1) is 36.2 Å². The summed E-state index contributed by atoms with van der Waals surface area (Å²) in [6.07, 6.45) is 2.83. The quantitative estimate of drug-likeness (QED) is 0.812. The SMILES string of the molecule is CC(C)(C)c1nc(CN2CCN(C(=O)C3CCC(N)C3)CC2)cs1.Cl.Cl. The molecule has 2 unspecified atom stereocenters. The van der Waals surface area contributed by atoms with E-state index in [2.05, 4.69) is 31.1 Å². The van der Waals surface area contributed by atoms with Gasteiger partial charge in [0, 0.05) is 55.5 Å². The van der Waals surface area contributed by atoms with Gasteiger partial charge in [-0.2, -0.15) is 0 Å². The third kappa shape index (κ3) is 5.80. The first-order valence-electron chi connectivity index (χ1n) is 9.04. The van der Waals surface area contributed by atoms with Gasteiger partial charge in [-0.25, -0.2) is 4.98 Å². The third-order valence-corrected chi connectivity index (χ3v) is 6.40. The van der Waals surface area contributed by atoms with Crippen molar-refractivity contribution in [2.24, 2.45) is 11.7 Å². The molecule has 0 radical (unpaired) electrons. The van der Waals surface area contributed by atoms with Gasteiger partial charge < -0.3 is 10.6 Å². The van der Waals surface area contributed by atoms with Crippen LogP contribution in [0.5, 0.6) is 0 Å². The second kappa shape index (κ2) is 9.69. The van der Waals surface area contributed by atoms with Crippen LogP contribution in [0.1, 0.15) is 50.7 Å². The average molecular weight is 423 g/mol. The Bertz CT molecular complexity index is 582. The molecule has 5 nitrogen and oxygen atoms in total. The van der Waals surface area contributed by atoms with Gasteiger partial charge in [-0.3, -0.25) is 9.69 Å². The molecule has 0 spiro atoms. The van der Waals surface area contributed by atoms with Gasteiger partial charge in [0.1, 0.15) is 0 Å². The Hall–Kier alpha value is -0.400. The first-order valence-corrected chi connectivity index (χ1v) is 9.92. The van der Waals surface area contributed by atoms with E-state index in [-0.39, 0.29) is 42.2 Å². The maximum Gasteiger partial charge on any atom is 0.225 e. The third-order valence-electron chi connectivity index (χ3n) is 5.09. The molecule has 2 fully saturated rings. The zero-order chi connectivity index (χ0) is 17.3. The van der Waals surface area contributed by atoms with Gasteiger partial charge in [0.25, 0.3) is 0 Å². The van der Waals surface area contributed by atoms with Crippen LogP contribution in [0.15, 0.2) is 5.38 Å². The fourth-order valence-corrected chi connectivity index (χ4v) is 4.48. The summed E-state index contributed by atoms with van der Waals surface area (Å²) < 4.78 is 0. The van der Waals surface area contributed by atoms with Crippen molar-refractivity contribution in [3.8, 4) is 0 Å². The van der Waals surface area contributed by atoms with E-state index >= 15 is 0 Å². The highest BCUT2D eigenvalue weighted by atomic mass is 35.5. The van der Waals surface area contributed by atoms with Crippen molar-refractivity contribution in [1.29, 1.82) is 0 Å². The molecule has 1 aliphatic heterocycles. The summed E-state index contributed by atoms with van der Waals surface area (Å²) in [6, 6.07) is 0.224. The molecule has 1 amide bonds. The van der Waals surface area contributed by atoms with Crippen molar-refractivity contribution >= 4 is 42.1 Å². The number of aromatic nitrogens is 1. The average Bonchev–Trinajstić information content (AvgIpc) is 3.16. The topological polar surface area (TPSA) is 62.5 Å². The lowest BCUT2D eigenvalue weighted by atomic mass is 9.98. The van der Waals surface area contributed by atoms with Crippen LogP contribution in [0.4, 0.5) is 0 Å². The minimum absolute atomic E-state index is 0. The lowest BCUT2D eigenvalue weighted by molar-refractivity contribution is -0.137. The van der Waals surface area contributed by atoms with Crippen molar-refractivity contribution in [3.05, 3.63) is 16.1 Å². The number of nitrogens with zero attached hydrogens (tertiary/aromatic N) is 3. The Labute approximate surface area is 173 Å². The van der Waals surface area contributed by atoms with Gasteiger partial charge in [-0.1, -0.05) is 20.8 Å². The Morgan fingerprint density at radius 3 is 2.38 bits per heavy atom. The van der Waals surface area contributed by atoms with Gasteiger partial charge >= 0.3 is 0 Å². The van der Waals surface area contributed by atoms with E-state index in [4.69, 9.17) is 10.7 Å². The van der Waals surface area contributed by atoms with Gasteiger partial charge in [0.2, 0.25) is 5.91 Å². The summed E-state index contributed by atoms with van der Waals surface area (Å²) in [5.74, 6) is 0.491. The number of piperazine rings is 1. The molecule has 1 aromatic rings. The van der Waals surface area contributed by atoms with E-state index in [0.717, 1.165) is 57.7 Å². The van der Waals surface area contributed by atoms with Crippen molar-refractivity contribution in [3.63, 3.8) is 0 Å². The lowest BCUT2D eigenvalue weighted by Crippen LogP contribution is -2.49. The largest absolute Gasteiger partial charge is 0.340 e. The first-order chi connectivity index (χ1) is 11.3. The lowest BCUT2D eigenvalue weighted by Gasteiger charge is -2.35. The highest BCUT2D eigenvalue weighted by Gasteiger charge is 2.32. The monoisotopic (exact) mass is 422 g/mol. The molecule has 0 aromatic carbocycles. The number of hydrogen-bond acceptors (Lipinski definition) is 5. The van der Waals surface area contributed by atoms with Gasteiger partial charge in [0.15, 0.2) is 0 Å². The van der Waals surface area contributed by atoms with Crippen LogP contribution in [0.2, 0.25) is 0 Å². The highest BCUT2D eigenvalue weighted by molar-refractivity contribution is 7.09. The Morgan fingerprint density at radius 2 is 1.88 bits per heavy atom. The van der Waals surface area contributed by atoms with Crippen LogP contribution in [-0.4, -0.2) is 52.9 Å². The maximum absolute atomic E-state index is 12.6. The van der Waals surface area contributed by atoms with Crippen LogP contribution in [0.25, 0.3) is 0 Å². The van der Waals surface area contributed by atoms with Crippen molar-refractivity contribution < 1.29 is 4.79 Å². The zero-order valence-corrected chi connectivity index (χ0v) is 18.4. The van der Waals surface area contributed by atoms with Crippen molar-refractivity contribution in [2.45, 2.75) is 58.0 Å². The van der Waals surface area contributed by atoms with Gasteiger partial charge in [-0.05, 0) is 19.3 Å². The van der Waals surface area contributed by atoms with Crippen LogP contribution in [-0.2, 0) is 16.8 Å². The second-order valence-corrected chi connectivity index (χ2v) is 9.12. The van der Waals surface area contributed by atoms with Crippen LogP contribution in [0.3, 0.4) is 0 Å². The number of carbonyl (C=O) groups is 1. The number of thiazole rings is 1. The minimum atomic E-state index is 0. The van der Waals surface area contributed by atoms with E-state index < -0.39 is 0 Å². The summed E-state index contributed by atoms with van der Waals surface area (Å²) in [5, 5.41) is 3.38. The number of nitrogens with two attached hydrogens (primary N) is 1. The molecule has 1 aliphatic carbocycles. The summed E-state index contributed by atoms with van der Waals surface area (Å²) in [6.45, 7) is 11.0. The minimum Gasteiger partial charge on any atom is -0.340 e. The molecule has 1 saturated heterocycles. The standard InChI is InChI=1S/C18H30N4OS.2ClH/c1-18(2,3)17-20-15(12-24-17)11-21-6-8-22(9-7-21)16(23)13-4-5-14(19)10-13;;/h12-14H,4-11,19H2,1-3H3;2*1H. The molecule has 2 N–H and O–H groups in total.